The van der Waals surface area contributed by atoms with Crippen LogP contribution < -0.4 is 10.1 Å². The van der Waals surface area contributed by atoms with Gasteiger partial charge in [-0.15, -0.1) is 10.2 Å². The number of carbonyl (C=O) groups excluding carboxylic acids is 2. The van der Waals surface area contributed by atoms with Crippen molar-refractivity contribution >= 4 is 22.8 Å². The molecule has 11 heteroatoms. The van der Waals surface area contributed by atoms with Gasteiger partial charge < -0.3 is 10.1 Å². The fourth-order valence-corrected chi connectivity index (χ4v) is 5.77. The van der Waals surface area contributed by atoms with Crippen LogP contribution in [-0.2, 0) is 29.1 Å². The molecule has 2 aromatic carbocycles. The molecule has 0 aliphatic carbocycles. The summed E-state index contributed by atoms with van der Waals surface area (Å²) in [4.78, 5) is 29.6. The fraction of sp³-hybridized carbons (Fsp3) is 0.400. The number of imidazole rings is 1. The molecular weight excluding hydrogens is 538 g/mol. The summed E-state index contributed by atoms with van der Waals surface area (Å²) < 4.78 is 7.94. The fourth-order valence-electron chi connectivity index (χ4n) is 4.69. The highest BCUT2D eigenvalue weighted by Crippen LogP contribution is 2.30. The standard InChI is InChI=1S/C30H37N7O3S/c1-6-25-26(17-31-29(39)27(16-19(3)4)41-20(5)38)37(30(32-25)40-7-2)18-21-12-14-22(15-13-21)23-10-8-9-11-24(23)28-33-35-36-34-28/h8-15,19,27H,6-7,16-18H2,1-5H3,(H,31,39)(H,33,34,35,36)/t27-/m0/s1. The zero-order valence-corrected chi connectivity index (χ0v) is 25.0. The van der Waals surface area contributed by atoms with Crippen LogP contribution in [0.5, 0.6) is 6.01 Å². The van der Waals surface area contributed by atoms with Crippen molar-refractivity contribution in [2.75, 3.05) is 6.61 Å². The summed E-state index contributed by atoms with van der Waals surface area (Å²) in [6.45, 7) is 10.9. The van der Waals surface area contributed by atoms with Gasteiger partial charge in [0.1, 0.15) is 0 Å². The molecule has 0 unspecified atom stereocenters. The number of rotatable bonds is 13. The third-order valence-electron chi connectivity index (χ3n) is 6.56. The van der Waals surface area contributed by atoms with E-state index in [1.54, 1.807) is 0 Å². The van der Waals surface area contributed by atoms with Crippen LogP contribution in [0.4, 0.5) is 0 Å². The lowest BCUT2D eigenvalue weighted by Gasteiger charge is -2.18. The molecule has 4 rings (SSSR count). The number of amides is 1. The SMILES string of the molecule is CCOc1nc(CC)c(CNC(=O)[C@H](CC(C)C)SC(C)=O)n1Cc1ccc(-c2ccccc2-c2nn[nH]n2)cc1. The average molecular weight is 576 g/mol. The lowest BCUT2D eigenvalue weighted by atomic mass is 9.98. The van der Waals surface area contributed by atoms with E-state index in [1.807, 2.05) is 42.7 Å². The highest BCUT2D eigenvalue weighted by molar-refractivity contribution is 8.14. The van der Waals surface area contributed by atoms with E-state index in [0.29, 0.717) is 50.3 Å². The molecule has 0 aliphatic rings. The Balaban J connectivity index is 1.58. The van der Waals surface area contributed by atoms with E-state index in [0.717, 1.165) is 45.4 Å². The first-order valence-corrected chi connectivity index (χ1v) is 14.8. The van der Waals surface area contributed by atoms with Crippen molar-refractivity contribution in [3.63, 3.8) is 0 Å². The molecule has 1 atom stereocenters. The Kier molecular flexibility index (Phi) is 10.3. The minimum absolute atomic E-state index is 0.0629. The van der Waals surface area contributed by atoms with E-state index in [-0.39, 0.29) is 11.0 Å². The molecule has 4 aromatic rings. The minimum atomic E-state index is -0.428. The summed E-state index contributed by atoms with van der Waals surface area (Å²) in [7, 11) is 0. The molecule has 0 saturated heterocycles. The number of nitrogens with zero attached hydrogens (tertiary/aromatic N) is 5. The van der Waals surface area contributed by atoms with Crippen molar-refractivity contribution in [3.05, 3.63) is 65.5 Å². The van der Waals surface area contributed by atoms with E-state index in [2.05, 4.69) is 64.1 Å². The van der Waals surface area contributed by atoms with Crippen molar-refractivity contribution < 1.29 is 14.3 Å². The predicted octanol–water partition coefficient (Wildman–Crippen LogP) is 5.05. The number of H-pyrrole nitrogens is 1. The molecule has 2 N–H and O–H groups in total. The summed E-state index contributed by atoms with van der Waals surface area (Å²) in [5.41, 5.74) is 5.77. The maximum absolute atomic E-state index is 13.1. The number of aromatic amines is 1. The highest BCUT2D eigenvalue weighted by Gasteiger charge is 2.24. The lowest BCUT2D eigenvalue weighted by molar-refractivity contribution is -0.121. The number of tetrazole rings is 1. The predicted molar refractivity (Wildman–Crippen MR) is 160 cm³/mol. The molecule has 10 nitrogen and oxygen atoms in total. The van der Waals surface area contributed by atoms with Gasteiger partial charge in [-0.2, -0.15) is 10.2 Å². The Morgan fingerprint density at radius 1 is 1.07 bits per heavy atom. The smallest absolute Gasteiger partial charge is 0.297 e. The third kappa shape index (κ3) is 7.60. The molecular formula is C30H37N7O3S. The van der Waals surface area contributed by atoms with Crippen molar-refractivity contribution in [2.45, 2.75) is 65.8 Å². The molecule has 216 valence electrons. The van der Waals surface area contributed by atoms with Crippen LogP contribution in [0.1, 0.15) is 58.0 Å². The van der Waals surface area contributed by atoms with Gasteiger partial charge in [0.25, 0.3) is 6.01 Å². The lowest BCUT2D eigenvalue weighted by Crippen LogP contribution is -2.34. The number of ether oxygens (including phenoxy) is 1. The average Bonchev–Trinajstić information content (AvgIpc) is 3.60. The number of aromatic nitrogens is 6. The van der Waals surface area contributed by atoms with Gasteiger partial charge in [-0.25, -0.2) is 0 Å². The minimum Gasteiger partial charge on any atom is -0.465 e. The van der Waals surface area contributed by atoms with Crippen LogP contribution in [0, 0.1) is 5.92 Å². The Morgan fingerprint density at radius 3 is 2.41 bits per heavy atom. The van der Waals surface area contributed by atoms with Gasteiger partial charge in [-0.1, -0.05) is 81.1 Å². The topological polar surface area (TPSA) is 128 Å². The van der Waals surface area contributed by atoms with E-state index in [9.17, 15) is 9.59 Å². The number of hydrogen-bond donors (Lipinski definition) is 2. The number of carbonyl (C=O) groups is 2. The largest absolute Gasteiger partial charge is 0.465 e. The Morgan fingerprint density at radius 2 is 1.80 bits per heavy atom. The first kappa shape index (κ1) is 30.0. The number of aryl methyl sites for hydroxylation is 1. The van der Waals surface area contributed by atoms with Crippen molar-refractivity contribution in [2.24, 2.45) is 5.92 Å². The Hall–Kier alpha value is -3.99. The number of hydrogen-bond acceptors (Lipinski definition) is 8. The first-order chi connectivity index (χ1) is 19.8. The highest BCUT2D eigenvalue weighted by atomic mass is 32.2. The third-order valence-corrected chi connectivity index (χ3v) is 7.59. The molecule has 0 aliphatic heterocycles. The van der Waals surface area contributed by atoms with E-state index >= 15 is 0 Å². The quantitative estimate of drug-likeness (QED) is 0.227. The molecule has 2 heterocycles. The number of nitrogens with one attached hydrogen (secondary N) is 2. The Bertz CT molecular complexity index is 1450. The van der Waals surface area contributed by atoms with Crippen LogP contribution in [0.15, 0.2) is 48.5 Å². The number of benzene rings is 2. The molecule has 0 fully saturated rings. The van der Waals surface area contributed by atoms with Crippen LogP contribution in [0.25, 0.3) is 22.5 Å². The summed E-state index contributed by atoms with van der Waals surface area (Å²) in [6.07, 6.45) is 1.32. The van der Waals surface area contributed by atoms with Gasteiger partial charge in [-0.3, -0.25) is 14.2 Å². The van der Waals surface area contributed by atoms with Crippen molar-refractivity contribution in [3.8, 4) is 28.5 Å². The van der Waals surface area contributed by atoms with Gasteiger partial charge in [0.05, 0.1) is 36.3 Å². The maximum Gasteiger partial charge on any atom is 0.297 e. The van der Waals surface area contributed by atoms with E-state index < -0.39 is 5.25 Å². The zero-order valence-electron chi connectivity index (χ0n) is 24.2. The second-order valence-electron chi connectivity index (χ2n) is 10.1. The van der Waals surface area contributed by atoms with Gasteiger partial charge in [0.15, 0.2) is 5.12 Å². The van der Waals surface area contributed by atoms with Crippen LogP contribution in [0.2, 0.25) is 0 Å². The summed E-state index contributed by atoms with van der Waals surface area (Å²) >= 11 is 1.09. The summed E-state index contributed by atoms with van der Waals surface area (Å²) in [6, 6.07) is 16.8. The molecule has 2 aromatic heterocycles. The summed E-state index contributed by atoms with van der Waals surface area (Å²) in [5.74, 6) is 0.692. The van der Waals surface area contributed by atoms with Gasteiger partial charge in [0.2, 0.25) is 11.7 Å². The van der Waals surface area contributed by atoms with E-state index in [1.165, 1.54) is 6.92 Å². The first-order valence-electron chi connectivity index (χ1n) is 13.9. The zero-order chi connectivity index (χ0) is 29.4. The van der Waals surface area contributed by atoms with Crippen molar-refractivity contribution in [1.82, 2.24) is 35.5 Å². The molecule has 0 bridgehead atoms. The van der Waals surface area contributed by atoms with Crippen molar-refractivity contribution in [1.29, 1.82) is 0 Å². The number of thioether (sulfide) groups is 1. The van der Waals surface area contributed by atoms with Crippen LogP contribution in [0.3, 0.4) is 0 Å². The van der Waals surface area contributed by atoms with Gasteiger partial charge in [-0.05, 0) is 47.6 Å². The van der Waals surface area contributed by atoms with Crippen LogP contribution in [-0.4, -0.2) is 53.1 Å². The second kappa shape index (κ2) is 14.1. The Labute approximate surface area is 244 Å². The van der Waals surface area contributed by atoms with Gasteiger partial charge >= 0.3 is 0 Å². The normalized spacial score (nSPS) is 12.0. The summed E-state index contributed by atoms with van der Waals surface area (Å²) in [5, 5.41) is 17.1. The van der Waals surface area contributed by atoms with E-state index in [4.69, 9.17) is 9.72 Å². The molecule has 0 saturated carbocycles. The van der Waals surface area contributed by atoms with Gasteiger partial charge in [0, 0.05) is 12.5 Å². The molecule has 0 spiro atoms. The molecule has 1 amide bonds. The maximum atomic E-state index is 13.1. The molecule has 0 radical (unpaired) electrons. The second-order valence-corrected chi connectivity index (χ2v) is 11.5. The van der Waals surface area contributed by atoms with Crippen LogP contribution >= 0.6 is 11.8 Å². The monoisotopic (exact) mass is 575 g/mol. The molecule has 41 heavy (non-hydrogen) atoms.